The van der Waals surface area contributed by atoms with Gasteiger partial charge in [-0.1, -0.05) is 19.9 Å². The van der Waals surface area contributed by atoms with Crippen LogP contribution in [0.2, 0.25) is 0 Å². The third-order valence-corrected chi connectivity index (χ3v) is 21.4. The standard InChI is InChI=1S/C26H24N10O.C22H17N9.C21H16N10.C21H15N9/c1-14(2)4-22(37)31-18-5-16(7-27-9-18)17-6-19-23(34-35-25(19)29-8-17)26-32-20-10-28-11-21(24(20)33-26)36-12-15(3)30-13-36;1-12-3-4-23-7-16(12)14-5-15-19(29-30-21(15)25-6-14)22-27-17-8-24-9-18(20(17)28-22)31-10-13(2)26-11-31;1-11-9-31(10-26-11)17-8-24-7-16-19(17)28-21(27-16)18-15-3-13(5-25-20(15)30-29-18)12-2-14(22)6-23-4-12;1-12-10-30(11-25-12)17-9-23-8-16-19(17)27-21(26-16)18-15-5-14(7-24-20(15)29-28-18)13-3-2-4-22-6-13/h5-14H,4H2,1-3H3,(H,31,37)(H,32,33)(H,29,34,35);3-11H,1-2H3,(H,27,28)(H,25,29,30);2-10H,22H2,1H3,(H,27,28)(H,25,29,30);2-11H,1H3,(H,26,27)(H,24,28,29). The van der Waals surface area contributed by atoms with Gasteiger partial charge in [0.2, 0.25) is 5.91 Å². The van der Waals surface area contributed by atoms with E-state index >= 15 is 0 Å². The highest BCUT2D eigenvalue weighted by Crippen LogP contribution is 2.37. The first-order chi connectivity index (χ1) is 63.0. The van der Waals surface area contributed by atoms with Gasteiger partial charge in [-0.25, -0.2) is 59.8 Å². The van der Waals surface area contributed by atoms with E-state index in [0.29, 0.717) is 69.4 Å². The minimum absolute atomic E-state index is 0.0377. The van der Waals surface area contributed by atoms with Crippen molar-refractivity contribution < 1.29 is 4.79 Å². The van der Waals surface area contributed by atoms with E-state index in [1.54, 1.807) is 131 Å². The summed E-state index contributed by atoms with van der Waals surface area (Å²) in [6.07, 6.45) is 50.4. The molecule has 39 nitrogen and oxygen atoms in total. The predicted octanol–water partition coefficient (Wildman–Crippen LogP) is 14.7. The highest BCUT2D eigenvalue weighted by Gasteiger charge is 2.24. The lowest BCUT2D eigenvalue weighted by atomic mass is 10.0. The van der Waals surface area contributed by atoms with Gasteiger partial charge >= 0.3 is 0 Å². The minimum Gasteiger partial charge on any atom is -0.397 e. The van der Waals surface area contributed by atoms with Crippen molar-refractivity contribution in [2.75, 3.05) is 11.1 Å². The fourth-order valence-electron chi connectivity index (χ4n) is 15.2. The fourth-order valence-corrected chi connectivity index (χ4v) is 15.2. The molecule has 24 heterocycles. The zero-order valence-electron chi connectivity index (χ0n) is 69.7. The molecule has 1 amide bonds. The van der Waals surface area contributed by atoms with Gasteiger partial charge in [0.15, 0.2) is 45.9 Å². The normalized spacial score (nSPS) is 11.5. The van der Waals surface area contributed by atoms with Crippen molar-refractivity contribution in [1.82, 2.24) is 179 Å². The first-order valence-corrected chi connectivity index (χ1v) is 40.6. The number of carbonyl (C=O) groups is 1. The highest BCUT2D eigenvalue weighted by molar-refractivity contribution is 6.00. The van der Waals surface area contributed by atoms with Gasteiger partial charge in [0.05, 0.1) is 182 Å². The average molecular weight is 1700 g/mol. The Kier molecular flexibility index (Phi) is 19.6. The summed E-state index contributed by atoms with van der Waals surface area (Å²) in [5.74, 6) is 2.85. The van der Waals surface area contributed by atoms with Crippen LogP contribution in [-0.2, 0) is 4.79 Å². The number of pyridine rings is 12. The number of anilines is 2. The van der Waals surface area contributed by atoms with Crippen LogP contribution in [0.4, 0.5) is 11.4 Å². The van der Waals surface area contributed by atoms with Crippen LogP contribution in [0.25, 0.3) is 202 Å². The van der Waals surface area contributed by atoms with Gasteiger partial charge in [-0.3, -0.25) is 65.1 Å². The van der Waals surface area contributed by atoms with Crippen molar-refractivity contribution in [1.29, 1.82) is 0 Å². The zero-order chi connectivity index (χ0) is 87.5. The second-order valence-electron chi connectivity index (χ2n) is 31.1. The molecule has 0 saturated carbocycles. The number of nitrogens with one attached hydrogen (secondary N) is 9. The number of fused-ring (bicyclic) bond motifs is 8. The van der Waals surface area contributed by atoms with Crippen molar-refractivity contribution in [3.63, 3.8) is 0 Å². The van der Waals surface area contributed by atoms with Crippen molar-refractivity contribution >= 4 is 106 Å². The summed E-state index contributed by atoms with van der Waals surface area (Å²) in [7, 11) is 0. The molecule has 0 spiro atoms. The maximum Gasteiger partial charge on any atom is 0.224 e. The highest BCUT2D eigenvalue weighted by atomic mass is 16.1. The molecule has 0 aliphatic rings. The fraction of sp³-hybridized carbons (Fsp3) is 0.100. The molecule has 24 rings (SSSR count). The Hall–Kier alpha value is -18.3. The molecule has 0 aliphatic heterocycles. The number of nitrogens with two attached hydrogens (primary N) is 1. The molecular formula is C90H72N38O. The van der Waals surface area contributed by atoms with Gasteiger partial charge < -0.3 is 49.3 Å². The van der Waals surface area contributed by atoms with E-state index < -0.39 is 0 Å². The molecule has 0 aliphatic carbocycles. The molecule has 0 bridgehead atoms. The van der Waals surface area contributed by atoms with Gasteiger partial charge in [0.1, 0.15) is 44.8 Å². The maximum atomic E-state index is 12.2. The van der Waals surface area contributed by atoms with E-state index in [9.17, 15) is 4.79 Å². The SMILES string of the molecule is Cc1cn(-c2cncc3[nH]c(-c4[nH]nc5ncc(-c6cccnc6)cc45)nc23)cn1.Cc1cn(-c2cncc3[nH]c(-c4[nH]nc5ncc(-c6cncc(N)c6)cc45)nc23)cn1.Cc1cn(-c2cncc3[nH]c(-c4[nH]nc5ncc(-c6cncc(NC(=O)CC(C)C)c6)cc45)nc23)cn1.Cc1cn(-c2cncc3[nH]c(-c4[nH]nc5ncc(-c6cnccc6C)cc45)nc23)cn1. The van der Waals surface area contributed by atoms with Crippen molar-refractivity contribution in [3.8, 4) is 113 Å². The van der Waals surface area contributed by atoms with Crippen LogP contribution in [0.3, 0.4) is 0 Å². The van der Waals surface area contributed by atoms with Gasteiger partial charge in [-0.2, -0.15) is 20.4 Å². The van der Waals surface area contributed by atoms with Gasteiger partial charge in [-0.05, 0) is 94.6 Å². The first kappa shape index (κ1) is 78.0. The molecule has 0 atom stereocenters. The van der Waals surface area contributed by atoms with Crippen molar-refractivity contribution in [3.05, 3.63) is 257 Å². The van der Waals surface area contributed by atoms with E-state index in [1.165, 1.54) is 0 Å². The number of carbonyl (C=O) groups excluding carboxylic acids is 1. The monoisotopic (exact) mass is 1700 g/mol. The number of imidazole rings is 8. The number of hydrogen-bond acceptors (Lipinski definition) is 26. The van der Waals surface area contributed by atoms with Crippen LogP contribution < -0.4 is 11.1 Å². The second kappa shape index (κ2) is 32.5. The quantitative estimate of drug-likeness (QED) is 0.0456. The Labute approximate surface area is 727 Å². The molecule has 0 unspecified atom stereocenters. The summed E-state index contributed by atoms with van der Waals surface area (Å²) in [5, 5.41) is 36.0. The summed E-state index contributed by atoms with van der Waals surface area (Å²) >= 11 is 0. The van der Waals surface area contributed by atoms with Crippen LogP contribution in [-0.4, -0.2) is 185 Å². The summed E-state index contributed by atoms with van der Waals surface area (Å²) in [4.78, 5) is 115. The van der Waals surface area contributed by atoms with E-state index in [2.05, 4.69) is 159 Å². The summed E-state index contributed by atoms with van der Waals surface area (Å²) in [6, 6.07) is 17.7. The van der Waals surface area contributed by atoms with Crippen LogP contribution in [0, 0.1) is 40.5 Å². The number of aryl methyl sites for hydroxylation is 5. The third-order valence-electron chi connectivity index (χ3n) is 21.4. The molecule has 0 saturated heterocycles. The molecule has 0 fully saturated rings. The van der Waals surface area contributed by atoms with Crippen LogP contribution >= 0.6 is 0 Å². The number of amides is 1. The number of nitrogen functional groups attached to an aromatic ring is 1. The second-order valence-corrected chi connectivity index (χ2v) is 31.1. The smallest absolute Gasteiger partial charge is 0.224 e. The van der Waals surface area contributed by atoms with Crippen LogP contribution in [0.15, 0.2) is 229 Å². The van der Waals surface area contributed by atoms with E-state index in [1.807, 2.05) is 152 Å². The molecule has 24 aromatic heterocycles. The van der Waals surface area contributed by atoms with Gasteiger partial charge in [0.25, 0.3) is 0 Å². The third kappa shape index (κ3) is 15.3. The lowest BCUT2D eigenvalue weighted by Crippen LogP contribution is -2.13. The first-order valence-electron chi connectivity index (χ1n) is 40.6. The number of aromatic amines is 8. The summed E-state index contributed by atoms with van der Waals surface area (Å²) in [6.45, 7) is 13.9. The number of H-pyrrole nitrogens is 8. The molecule has 129 heavy (non-hydrogen) atoms. The van der Waals surface area contributed by atoms with Crippen molar-refractivity contribution in [2.24, 2.45) is 5.92 Å². The number of hydrogen-bond donors (Lipinski definition) is 10. The van der Waals surface area contributed by atoms with Gasteiger partial charge in [0, 0.05) is 144 Å². The number of rotatable bonds is 15. The van der Waals surface area contributed by atoms with E-state index in [4.69, 9.17) is 25.7 Å². The van der Waals surface area contributed by atoms with E-state index in [0.717, 1.165) is 178 Å². The molecule has 39 heteroatoms. The molecule has 24 aromatic rings. The van der Waals surface area contributed by atoms with Crippen LogP contribution in [0.1, 0.15) is 48.6 Å². The Bertz CT molecular complexity index is 8350. The Morgan fingerprint density at radius 3 is 1.08 bits per heavy atom. The molecular weight excluding hydrogens is 1630 g/mol. The number of nitrogens with zero attached hydrogens (tertiary/aromatic N) is 28. The molecule has 0 radical (unpaired) electrons. The maximum absolute atomic E-state index is 12.2. The molecule has 11 N–H and O–H groups in total. The zero-order valence-corrected chi connectivity index (χ0v) is 69.7. The predicted molar refractivity (Wildman–Crippen MR) is 485 cm³/mol. The van der Waals surface area contributed by atoms with Crippen molar-refractivity contribution in [2.45, 2.75) is 54.9 Å². The van der Waals surface area contributed by atoms with Gasteiger partial charge in [-0.15, -0.1) is 0 Å². The molecule has 0 aromatic carbocycles. The number of aromatic nitrogens is 36. The lowest BCUT2D eigenvalue weighted by Gasteiger charge is -2.08. The minimum atomic E-state index is -0.0377. The van der Waals surface area contributed by atoms with E-state index in [-0.39, 0.29) is 11.8 Å². The topological polar surface area (TPSA) is 511 Å². The average Bonchev–Trinajstić information content (AvgIpc) is 1.55. The summed E-state index contributed by atoms with van der Waals surface area (Å²) in [5.41, 5.74) is 34.6. The molecule has 628 valence electrons. The Morgan fingerprint density at radius 1 is 0.364 bits per heavy atom. The van der Waals surface area contributed by atoms with Crippen LogP contribution in [0.5, 0.6) is 0 Å². The Balaban J connectivity index is 0.000000105. The largest absolute Gasteiger partial charge is 0.397 e. The lowest BCUT2D eigenvalue weighted by molar-refractivity contribution is -0.116. The summed E-state index contributed by atoms with van der Waals surface area (Å²) < 4.78 is 7.65. The Morgan fingerprint density at radius 2 is 0.713 bits per heavy atom.